The van der Waals surface area contributed by atoms with E-state index < -0.39 is 0 Å². The second-order valence-corrected chi connectivity index (χ2v) is 6.03. The molecular weight excluding hydrogens is 238 g/mol. The lowest BCUT2D eigenvalue weighted by Gasteiger charge is -2.29. The van der Waals surface area contributed by atoms with E-state index in [2.05, 4.69) is 0 Å². The lowest BCUT2D eigenvalue weighted by atomic mass is 9.94. The van der Waals surface area contributed by atoms with Crippen LogP contribution in [0.1, 0.15) is 39.5 Å². The maximum Gasteiger partial charge on any atom is 0.228 e. The number of hydrogen-bond donors (Lipinski definition) is 0. The van der Waals surface area contributed by atoms with E-state index in [1.807, 2.05) is 65.1 Å². The van der Waals surface area contributed by atoms with Crippen molar-refractivity contribution in [3.63, 3.8) is 0 Å². The maximum absolute atomic E-state index is 12.3. The molecule has 1 heterocycles. The van der Waals surface area contributed by atoms with Crippen molar-refractivity contribution in [2.45, 2.75) is 33.7 Å². The summed E-state index contributed by atoms with van der Waals surface area (Å²) in [6.45, 7) is 7.77. The standard InChI is InChI=1S/C16H21NO2/c1-11(17(5)15(18)16(2,3)4)14-10-12-8-6-7-9-13(12)19-14/h6-11H,1-5H3. The van der Waals surface area contributed by atoms with Crippen LogP contribution in [-0.2, 0) is 4.79 Å². The van der Waals surface area contributed by atoms with E-state index in [1.165, 1.54) is 0 Å². The van der Waals surface area contributed by atoms with Crippen molar-refractivity contribution in [2.24, 2.45) is 5.41 Å². The van der Waals surface area contributed by atoms with E-state index in [1.54, 1.807) is 4.90 Å². The molecule has 1 amide bonds. The predicted octanol–water partition coefficient (Wildman–Crippen LogP) is 4.00. The third-order valence-corrected chi connectivity index (χ3v) is 3.40. The van der Waals surface area contributed by atoms with Crippen molar-refractivity contribution < 1.29 is 9.21 Å². The van der Waals surface area contributed by atoms with Gasteiger partial charge in [0.1, 0.15) is 11.3 Å². The van der Waals surface area contributed by atoms with Crippen LogP contribution in [0.4, 0.5) is 0 Å². The Morgan fingerprint density at radius 3 is 2.47 bits per heavy atom. The van der Waals surface area contributed by atoms with Gasteiger partial charge in [0.05, 0.1) is 6.04 Å². The highest BCUT2D eigenvalue weighted by Crippen LogP contribution is 2.29. The van der Waals surface area contributed by atoms with Crippen molar-refractivity contribution in [1.29, 1.82) is 0 Å². The summed E-state index contributed by atoms with van der Waals surface area (Å²) in [5, 5.41) is 1.07. The molecule has 0 aliphatic rings. The molecule has 1 atom stereocenters. The topological polar surface area (TPSA) is 33.5 Å². The summed E-state index contributed by atoms with van der Waals surface area (Å²) in [6, 6.07) is 9.82. The van der Waals surface area contributed by atoms with Gasteiger partial charge in [-0.05, 0) is 19.1 Å². The molecule has 0 aliphatic heterocycles. The van der Waals surface area contributed by atoms with Gasteiger partial charge in [0.25, 0.3) is 0 Å². The van der Waals surface area contributed by atoms with Gasteiger partial charge in [-0.2, -0.15) is 0 Å². The Bertz CT molecular complexity index is 559. The summed E-state index contributed by atoms with van der Waals surface area (Å²) >= 11 is 0. The largest absolute Gasteiger partial charge is 0.459 e. The molecule has 3 nitrogen and oxygen atoms in total. The second kappa shape index (κ2) is 4.72. The van der Waals surface area contributed by atoms with Gasteiger partial charge >= 0.3 is 0 Å². The summed E-state index contributed by atoms with van der Waals surface area (Å²) in [5.74, 6) is 0.932. The zero-order valence-electron chi connectivity index (χ0n) is 12.2. The Balaban J connectivity index is 2.28. The van der Waals surface area contributed by atoms with Crippen LogP contribution >= 0.6 is 0 Å². The number of benzene rings is 1. The smallest absolute Gasteiger partial charge is 0.228 e. The molecule has 0 spiro atoms. The fourth-order valence-electron chi connectivity index (χ4n) is 2.10. The van der Waals surface area contributed by atoms with Crippen LogP contribution in [-0.4, -0.2) is 17.9 Å². The van der Waals surface area contributed by atoms with Crippen LogP contribution in [0, 0.1) is 5.41 Å². The van der Waals surface area contributed by atoms with Crippen molar-refractivity contribution >= 4 is 16.9 Å². The highest BCUT2D eigenvalue weighted by atomic mass is 16.3. The molecule has 0 N–H and O–H groups in total. The highest BCUT2D eigenvalue weighted by Gasteiger charge is 2.29. The predicted molar refractivity (Wildman–Crippen MR) is 76.9 cm³/mol. The lowest BCUT2D eigenvalue weighted by molar-refractivity contribution is -0.140. The van der Waals surface area contributed by atoms with Crippen LogP contribution in [0.15, 0.2) is 34.7 Å². The first-order valence-corrected chi connectivity index (χ1v) is 6.56. The molecule has 2 rings (SSSR count). The average Bonchev–Trinajstić information content (AvgIpc) is 2.78. The number of fused-ring (bicyclic) bond motifs is 1. The second-order valence-electron chi connectivity index (χ2n) is 6.03. The molecule has 1 aromatic carbocycles. The summed E-state index contributed by atoms with van der Waals surface area (Å²) in [4.78, 5) is 14.0. The minimum atomic E-state index is -0.380. The van der Waals surface area contributed by atoms with Gasteiger partial charge in [0, 0.05) is 17.8 Å². The van der Waals surface area contributed by atoms with Gasteiger partial charge < -0.3 is 9.32 Å². The minimum Gasteiger partial charge on any atom is -0.459 e. The van der Waals surface area contributed by atoms with Crippen molar-refractivity contribution in [2.75, 3.05) is 7.05 Å². The van der Waals surface area contributed by atoms with Crippen LogP contribution in [0.25, 0.3) is 11.0 Å². The fraction of sp³-hybridized carbons (Fsp3) is 0.438. The number of carbonyl (C=O) groups excluding carboxylic acids is 1. The highest BCUT2D eigenvalue weighted by molar-refractivity contribution is 5.82. The molecule has 0 saturated heterocycles. The molecule has 0 saturated carbocycles. The number of furan rings is 1. The number of nitrogens with zero attached hydrogens (tertiary/aromatic N) is 1. The van der Waals surface area contributed by atoms with Crippen LogP contribution in [0.5, 0.6) is 0 Å². The van der Waals surface area contributed by atoms with Gasteiger partial charge in [-0.25, -0.2) is 0 Å². The Labute approximate surface area is 114 Å². The summed E-state index contributed by atoms with van der Waals surface area (Å²) in [5.41, 5.74) is 0.482. The zero-order valence-corrected chi connectivity index (χ0v) is 12.2. The van der Waals surface area contributed by atoms with Gasteiger partial charge in [-0.3, -0.25) is 4.79 Å². The third-order valence-electron chi connectivity index (χ3n) is 3.40. The van der Waals surface area contributed by atoms with Crippen LogP contribution in [0.2, 0.25) is 0 Å². The first-order chi connectivity index (χ1) is 8.80. The minimum absolute atomic E-state index is 0.0703. The molecule has 1 aromatic heterocycles. The molecule has 102 valence electrons. The Hall–Kier alpha value is -1.77. The molecular formula is C16H21NO2. The number of carbonyl (C=O) groups is 1. The molecule has 0 fully saturated rings. The first kappa shape index (κ1) is 13.7. The molecule has 2 aromatic rings. The van der Waals surface area contributed by atoms with Gasteiger partial charge in [-0.15, -0.1) is 0 Å². The van der Waals surface area contributed by atoms with Crippen molar-refractivity contribution in [3.8, 4) is 0 Å². The molecule has 1 unspecified atom stereocenters. The summed E-state index contributed by atoms with van der Waals surface area (Å²) in [7, 11) is 1.82. The molecule has 3 heteroatoms. The quantitative estimate of drug-likeness (QED) is 0.816. The van der Waals surface area contributed by atoms with E-state index in [-0.39, 0.29) is 17.4 Å². The Kier molecular flexibility index (Phi) is 3.40. The number of para-hydroxylation sites is 1. The van der Waals surface area contributed by atoms with E-state index in [0.29, 0.717) is 0 Å². The number of amides is 1. The zero-order chi connectivity index (χ0) is 14.2. The molecule has 0 aliphatic carbocycles. The molecule has 0 radical (unpaired) electrons. The van der Waals surface area contributed by atoms with E-state index in [9.17, 15) is 4.79 Å². The lowest BCUT2D eigenvalue weighted by Crippen LogP contribution is -2.38. The fourth-order valence-corrected chi connectivity index (χ4v) is 2.10. The van der Waals surface area contributed by atoms with E-state index in [0.717, 1.165) is 16.7 Å². The summed E-state index contributed by atoms with van der Waals surface area (Å²) < 4.78 is 5.82. The maximum atomic E-state index is 12.3. The third kappa shape index (κ3) is 2.65. The number of rotatable bonds is 2. The van der Waals surface area contributed by atoms with Crippen LogP contribution in [0.3, 0.4) is 0 Å². The first-order valence-electron chi connectivity index (χ1n) is 6.56. The van der Waals surface area contributed by atoms with Gasteiger partial charge in [0.2, 0.25) is 5.91 Å². The Morgan fingerprint density at radius 1 is 1.26 bits per heavy atom. The van der Waals surface area contributed by atoms with Crippen molar-refractivity contribution in [3.05, 3.63) is 36.1 Å². The summed E-state index contributed by atoms with van der Waals surface area (Å²) in [6.07, 6.45) is 0. The molecule has 19 heavy (non-hydrogen) atoms. The average molecular weight is 259 g/mol. The number of hydrogen-bond acceptors (Lipinski definition) is 2. The SMILES string of the molecule is CC(c1cc2ccccc2o1)N(C)C(=O)C(C)(C)C. The normalized spacial score (nSPS) is 13.5. The Morgan fingerprint density at radius 2 is 1.89 bits per heavy atom. The van der Waals surface area contributed by atoms with E-state index in [4.69, 9.17) is 4.42 Å². The van der Waals surface area contributed by atoms with E-state index >= 15 is 0 Å². The van der Waals surface area contributed by atoms with Crippen molar-refractivity contribution in [1.82, 2.24) is 4.90 Å². The van der Waals surface area contributed by atoms with Gasteiger partial charge in [-0.1, -0.05) is 39.0 Å². The van der Waals surface area contributed by atoms with Crippen LogP contribution < -0.4 is 0 Å². The molecule has 0 bridgehead atoms. The van der Waals surface area contributed by atoms with Gasteiger partial charge in [0.15, 0.2) is 0 Å². The monoisotopic (exact) mass is 259 g/mol.